The lowest BCUT2D eigenvalue weighted by molar-refractivity contribution is 0.434. The van der Waals surface area contributed by atoms with E-state index in [-0.39, 0.29) is 6.04 Å². The number of hydrogen-bond acceptors (Lipinski definition) is 2. The molecule has 1 fully saturated rings. The second-order valence-electron chi connectivity index (χ2n) is 5.63. The fourth-order valence-electron chi connectivity index (χ4n) is 3.04. The van der Waals surface area contributed by atoms with Crippen LogP contribution in [0, 0.1) is 0 Å². The third-order valence-corrected chi connectivity index (χ3v) is 4.74. The van der Waals surface area contributed by atoms with E-state index in [1.54, 1.807) is 0 Å². The van der Waals surface area contributed by atoms with Gasteiger partial charge in [-0.15, -0.1) is 0 Å². The minimum Gasteiger partial charge on any atom is -0.369 e. The standard InChI is InChI=1S/C16H25BrN2/c1-3-6-13-7-4-5-10-19(13)14-8-9-15(12(2)18)16(17)11-14/h8-9,11-13H,3-7,10,18H2,1-2H3/t12-,13?/m0/s1. The first-order valence-corrected chi connectivity index (χ1v) is 8.24. The van der Waals surface area contributed by atoms with Crippen molar-refractivity contribution in [2.24, 2.45) is 5.73 Å². The van der Waals surface area contributed by atoms with Crippen molar-refractivity contribution in [3.8, 4) is 0 Å². The monoisotopic (exact) mass is 324 g/mol. The summed E-state index contributed by atoms with van der Waals surface area (Å²) in [6, 6.07) is 7.44. The summed E-state index contributed by atoms with van der Waals surface area (Å²) >= 11 is 3.67. The first kappa shape index (κ1) is 14.9. The number of halogens is 1. The maximum atomic E-state index is 5.97. The highest BCUT2D eigenvalue weighted by atomic mass is 79.9. The quantitative estimate of drug-likeness (QED) is 0.875. The van der Waals surface area contributed by atoms with Gasteiger partial charge in [-0.1, -0.05) is 35.3 Å². The zero-order valence-corrected chi connectivity index (χ0v) is 13.6. The first-order valence-electron chi connectivity index (χ1n) is 7.45. The van der Waals surface area contributed by atoms with Crippen molar-refractivity contribution in [3.05, 3.63) is 28.2 Å². The minimum atomic E-state index is 0.0798. The van der Waals surface area contributed by atoms with Gasteiger partial charge in [-0.25, -0.2) is 0 Å². The Morgan fingerprint density at radius 1 is 1.42 bits per heavy atom. The molecule has 1 unspecified atom stereocenters. The summed E-state index contributed by atoms with van der Waals surface area (Å²) in [5, 5.41) is 0. The molecule has 0 radical (unpaired) electrons. The van der Waals surface area contributed by atoms with Gasteiger partial charge in [-0.05, 0) is 50.3 Å². The van der Waals surface area contributed by atoms with Gasteiger partial charge in [-0.3, -0.25) is 0 Å². The predicted octanol–water partition coefficient (Wildman–Crippen LogP) is 4.63. The summed E-state index contributed by atoms with van der Waals surface area (Å²) in [5.41, 5.74) is 8.50. The Kier molecular flexibility index (Phi) is 5.28. The topological polar surface area (TPSA) is 29.3 Å². The van der Waals surface area contributed by atoms with E-state index in [0.717, 1.165) is 4.47 Å². The number of piperidine rings is 1. The van der Waals surface area contributed by atoms with E-state index < -0.39 is 0 Å². The number of rotatable bonds is 4. The normalized spacial score (nSPS) is 21.5. The smallest absolute Gasteiger partial charge is 0.0380 e. The van der Waals surface area contributed by atoms with Gasteiger partial charge >= 0.3 is 0 Å². The molecule has 0 aromatic heterocycles. The fraction of sp³-hybridized carbons (Fsp3) is 0.625. The van der Waals surface area contributed by atoms with Crippen molar-refractivity contribution in [2.75, 3.05) is 11.4 Å². The lowest BCUT2D eigenvalue weighted by Crippen LogP contribution is -2.39. The van der Waals surface area contributed by atoms with E-state index in [9.17, 15) is 0 Å². The van der Waals surface area contributed by atoms with Gasteiger partial charge < -0.3 is 10.6 Å². The van der Waals surface area contributed by atoms with Crippen molar-refractivity contribution < 1.29 is 0 Å². The van der Waals surface area contributed by atoms with Crippen molar-refractivity contribution in [3.63, 3.8) is 0 Å². The van der Waals surface area contributed by atoms with Gasteiger partial charge in [0.25, 0.3) is 0 Å². The minimum absolute atomic E-state index is 0.0798. The van der Waals surface area contributed by atoms with Crippen LogP contribution in [0.25, 0.3) is 0 Å². The lowest BCUT2D eigenvalue weighted by Gasteiger charge is -2.38. The molecule has 1 aliphatic heterocycles. The Morgan fingerprint density at radius 2 is 2.21 bits per heavy atom. The maximum absolute atomic E-state index is 5.97. The third kappa shape index (κ3) is 3.51. The van der Waals surface area contributed by atoms with Gasteiger partial charge in [0.1, 0.15) is 0 Å². The highest BCUT2D eigenvalue weighted by Crippen LogP contribution is 2.32. The lowest BCUT2D eigenvalue weighted by atomic mass is 9.97. The number of nitrogens with two attached hydrogens (primary N) is 1. The summed E-state index contributed by atoms with van der Waals surface area (Å²) in [7, 11) is 0. The molecule has 1 aromatic carbocycles. The molecule has 106 valence electrons. The second-order valence-corrected chi connectivity index (χ2v) is 6.48. The van der Waals surface area contributed by atoms with Gasteiger partial charge in [-0.2, -0.15) is 0 Å². The molecule has 1 aliphatic rings. The molecule has 19 heavy (non-hydrogen) atoms. The van der Waals surface area contributed by atoms with E-state index in [0.29, 0.717) is 6.04 Å². The molecular formula is C16H25BrN2. The van der Waals surface area contributed by atoms with Crippen LogP contribution in [-0.2, 0) is 0 Å². The molecule has 2 nitrogen and oxygen atoms in total. The summed E-state index contributed by atoms with van der Waals surface area (Å²) in [5.74, 6) is 0. The average Bonchev–Trinajstić information content (AvgIpc) is 2.39. The molecule has 3 heteroatoms. The van der Waals surface area contributed by atoms with Gasteiger partial charge in [0.05, 0.1) is 0 Å². The van der Waals surface area contributed by atoms with E-state index in [4.69, 9.17) is 5.73 Å². The van der Waals surface area contributed by atoms with Crippen LogP contribution in [0.1, 0.15) is 57.6 Å². The Bertz CT molecular complexity index is 415. The SMILES string of the molecule is CCCC1CCCCN1c1ccc([C@H](C)N)c(Br)c1. The van der Waals surface area contributed by atoms with Gasteiger partial charge in [0, 0.05) is 28.8 Å². The fourth-order valence-corrected chi connectivity index (χ4v) is 3.77. The molecule has 1 heterocycles. The third-order valence-electron chi connectivity index (χ3n) is 4.06. The number of nitrogens with zero attached hydrogens (tertiary/aromatic N) is 1. The Labute approximate surface area is 125 Å². The predicted molar refractivity (Wildman–Crippen MR) is 86.6 cm³/mol. The molecule has 0 aliphatic carbocycles. The van der Waals surface area contributed by atoms with Gasteiger partial charge in [0.2, 0.25) is 0 Å². The van der Waals surface area contributed by atoms with Crippen molar-refractivity contribution in [1.82, 2.24) is 0 Å². The molecule has 2 N–H and O–H groups in total. The highest BCUT2D eigenvalue weighted by molar-refractivity contribution is 9.10. The van der Waals surface area contributed by atoms with Crippen LogP contribution >= 0.6 is 15.9 Å². The number of hydrogen-bond donors (Lipinski definition) is 1. The van der Waals surface area contributed by atoms with E-state index in [1.807, 2.05) is 6.92 Å². The first-order chi connectivity index (χ1) is 9.13. The van der Waals surface area contributed by atoms with E-state index in [2.05, 4.69) is 46.0 Å². The zero-order chi connectivity index (χ0) is 13.8. The molecule has 1 saturated heterocycles. The van der Waals surface area contributed by atoms with Crippen LogP contribution in [-0.4, -0.2) is 12.6 Å². The molecule has 0 amide bonds. The Morgan fingerprint density at radius 3 is 2.84 bits per heavy atom. The maximum Gasteiger partial charge on any atom is 0.0380 e. The average molecular weight is 325 g/mol. The molecule has 0 saturated carbocycles. The highest BCUT2D eigenvalue weighted by Gasteiger charge is 2.22. The largest absolute Gasteiger partial charge is 0.369 e. The molecule has 2 atom stereocenters. The number of benzene rings is 1. The van der Waals surface area contributed by atoms with Gasteiger partial charge in [0.15, 0.2) is 0 Å². The zero-order valence-electron chi connectivity index (χ0n) is 12.0. The van der Waals surface area contributed by atoms with Crippen LogP contribution in [0.15, 0.2) is 22.7 Å². The summed E-state index contributed by atoms with van der Waals surface area (Å²) in [6.45, 7) is 5.50. The molecule has 1 aromatic rings. The molecule has 2 rings (SSSR count). The Balaban J connectivity index is 2.22. The van der Waals surface area contributed by atoms with Crippen LogP contribution in [0.2, 0.25) is 0 Å². The van der Waals surface area contributed by atoms with Crippen LogP contribution in [0.5, 0.6) is 0 Å². The van der Waals surface area contributed by atoms with E-state index in [1.165, 1.54) is 49.9 Å². The summed E-state index contributed by atoms with van der Waals surface area (Å²) in [4.78, 5) is 2.59. The number of anilines is 1. The van der Waals surface area contributed by atoms with Crippen molar-refractivity contribution in [1.29, 1.82) is 0 Å². The van der Waals surface area contributed by atoms with Crippen LogP contribution in [0.4, 0.5) is 5.69 Å². The molecule has 0 spiro atoms. The van der Waals surface area contributed by atoms with Crippen molar-refractivity contribution in [2.45, 2.75) is 58.0 Å². The summed E-state index contributed by atoms with van der Waals surface area (Å²) < 4.78 is 1.14. The molecular weight excluding hydrogens is 300 g/mol. The summed E-state index contributed by atoms with van der Waals surface area (Å²) in [6.07, 6.45) is 6.58. The van der Waals surface area contributed by atoms with Crippen LogP contribution < -0.4 is 10.6 Å². The Hall–Kier alpha value is -0.540. The molecule has 0 bridgehead atoms. The second kappa shape index (κ2) is 6.76. The van der Waals surface area contributed by atoms with Crippen LogP contribution in [0.3, 0.4) is 0 Å². The van der Waals surface area contributed by atoms with E-state index >= 15 is 0 Å². The van der Waals surface area contributed by atoms with Crippen molar-refractivity contribution >= 4 is 21.6 Å².